The van der Waals surface area contributed by atoms with Crippen LogP contribution < -0.4 is 5.32 Å². The first-order valence-corrected chi connectivity index (χ1v) is 7.84. The average Bonchev–Trinajstić information content (AvgIpc) is 2.48. The highest BCUT2D eigenvalue weighted by atomic mass is 16.3. The van der Waals surface area contributed by atoms with Gasteiger partial charge in [-0.25, -0.2) is 0 Å². The van der Waals surface area contributed by atoms with Crippen LogP contribution in [0.5, 0.6) is 0 Å². The van der Waals surface area contributed by atoms with E-state index in [2.05, 4.69) is 41.7 Å². The van der Waals surface area contributed by atoms with Crippen LogP contribution in [0.2, 0.25) is 0 Å². The Balaban J connectivity index is 1.83. The van der Waals surface area contributed by atoms with Gasteiger partial charge in [0.2, 0.25) is 0 Å². The number of nitrogens with one attached hydrogen (secondary N) is 1. The van der Waals surface area contributed by atoms with Gasteiger partial charge in [-0.1, -0.05) is 42.5 Å². The summed E-state index contributed by atoms with van der Waals surface area (Å²) < 4.78 is 0. The molecule has 1 aliphatic rings. The van der Waals surface area contributed by atoms with Gasteiger partial charge in [0.05, 0.1) is 6.10 Å². The summed E-state index contributed by atoms with van der Waals surface area (Å²) in [4.78, 5) is 0. The van der Waals surface area contributed by atoms with Gasteiger partial charge in [0.25, 0.3) is 0 Å². The molecule has 2 N–H and O–H groups in total. The van der Waals surface area contributed by atoms with E-state index in [0.29, 0.717) is 5.92 Å². The molecule has 0 saturated heterocycles. The molecule has 20 heavy (non-hydrogen) atoms. The smallest absolute Gasteiger partial charge is 0.0518 e. The van der Waals surface area contributed by atoms with Crippen molar-refractivity contribution in [3.05, 3.63) is 48.0 Å². The molecule has 2 rings (SSSR count). The van der Waals surface area contributed by atoms with Crippen LogP contribution in [0.4, 0.5) is 0 Å². The van der Waals surface area contributed by atoms with Crippen LogP contribution in [0.25, 0.3) is 0 Å². The van der Waals surface area contributed by atoms with Gasteiger partial charge in [-0.3, -0.25) is 0 Å². The number of hydrogen-bond acceptors (Lipinski definition) is 2. The molecule has 0 amide bonds. The molecule has 0 bridgehead atoms. The number of aliphatic hydroxyl groups excluding tert-OH is 1. The molecule has 3 atom stereocenters. The van der Waals surface area contributed by atoms with Crippen LogP contribution in [-0.4, -0.2) is 24.3 Å². The van der Waals surface area contributed by atoms with E-state index in [1.165, 1.54) is 24.8 Å². The van der Waals surface area contributed by atoms with E-state index in [1.54, 1.807) is 0 Å². The molecule has 2 heteroatoms. The average molecular weight is 273 g/mol. The standard InChI is InChI=1S/C18H27NO/c1-15(20)12-18(17-10-6-3-7-11-17)14-19-13-16-8-4-2-5-9-16/h2-4,6-7,10-11,15-16,18-20H,5,8-9,12-14H2,1H3. The summed E-state index contributed by atoms with van der Waals surface area (Å²) in [6, 6.07) is 10.5. The van der Waals surface area contributed by atoms with Crippen molar-refractivity contribution in [3.8, 4) is 0 Å². The van der Waals surface area contributed by atoms with E-state index in [4.69, 9.17) is 0 Å². The van der Waals surface area contributed by atoms with Gasteiger partial charge in [-0.05, 0) is 56.6 Å². The van der Waals surface area contributed by atoms with Crippen LogP contribution in [0, 0.1) is 5.92 Å². The highest BCUT2D eigenvalue weighted by molar-refractivity contribution is 5.20. The van der Waals surface area contributed by atoms with E-state index in [1.807, 2.05) is 13.0 Å². The molecule has 0 saturated carbocycles. The lowest BCUT2D eigenvalue weighted by Crippen LogP contribution is -2.29. The minimum Gasteiger partial charge on any atom is -0.393 e. The molecular formula is C18H27NO. The zero-order valence-corrected chi connectivity index (χ0v) is 12.5. The molecule has 1 aromatic rings. The van der Waals surface area contributed by atoms with E-state index in [0.717, 1.165) is 25.4 Å². The minimum atomic E-state index is -0.250. The zero-order chi connectivity index (χ0) is 14.2. The fourth-order valence-electron chi connectivity index (χ4n) is 2.98. The molecule has 2 nitrogen and oxygen atoms in total. The predicted octanol–water partition coefficient (Wildman–Crippen LogP) is 3.49. The number of benzene rings is 1. The third-order valence-corrected chi connectivity index (χ3v) is 4.10. The third-order valence-electron chi connectivity index (χ3n) is 4.10. The summed E-state index contributed by atoms with van der Waals surface area (Å²) in [6.07, 6.45) is 8.90. The van der Waals surface area contributed by atoms with Gasteiger partial charge in [0.15, 0.2) is 0 Å². The van der Waals surface area contributed by atoms with Gasteiger partial charge < -0.3 is 10.4 Å². The largest absolute Gasteiger partial charge is 0.393 e. The Labute approximate surface area is 122 Å². The first kappa shape index (κ1) is 15.3. The lowest BCUT2D eigenvalue weighted by molar-refractivity contribution is 0.173. The van der Waals surface area contributed by atoms with Crippen molar-refractivity contribution in [2.45, 2.75) is 44.6 Å². The molecule has 1 aliphatic carbocycles. The lowest BCUT2D eigenvalue weighted by Gasteiger charge is -2.23. The quantitative estimate of drug-likeness (QED) is 0.745. The Morgan fingerprint density at radius 2 is 2.05 bits per heavy atom. The van der Waals surface area contributed by atoms with Crippen molar-refractivity contribution in [3.63, 3.8) is 0 Å². The molecule has 110 valence electrons. The van der Waals surface area contributed by atoms with Crippen LogP contribution in [-0.2, 0) is 0 Å². The van der Waals surface area contributed by atoms with Gasteiger partial charge in [0, 0.05) is 6.54 Å². The topological polar surface area (TPSA) is 32.3 Å². The normalized spacial score (nSPS) is 21.6. The number of aliphatic hydroxyl groups is 1. The van der Waals surface area contributed by atoms with Gasteiger partial charge in [-0.2, -0.15) is 0 Å². The number of rotatable bonds is 7. The highest BCUT2D eigenvalue weighted by Crippen LogP contribution is 2.21. The summed E-state index contributed by atoms with van der Waals surface area (Å²) in [5.41, 5.74) is 1.32. The van der Waals surface area contributed by atoms with Crippen LogP contribution in [0.1, 0.15) is 44.1 Å². The van der Waals surface area contributed by atoms with Gasteiger partial charge in [0.1, 0.15) is 0 Å². The lowest BCUT2D eigenvalue weighted by atomic mass is 9.92. The maximum atomic E-state index is 9.70. The van der Waals surface area contributed by atoms with Crippen molar-refractivity contribution >= 4 is 0 Å². The van der Waals surface area contributed by atoms with E-state index in [9.17, 15) is 5.11 Å². The Morgan fingerprint density at radius 3 is 2.70 bits per heavy atom. The van der Waals surface area contributed by atoms with Crippen LogP contribution >= 0.6 is 0 Å². The van der Waals surface area contributed by atoms with Crippen molar-refractivity contribution in [1.29, 1.82) is 0 Å². The zero-order valence-electron chi connectivity index (χ0n) is 12.5. The molecule has 0 heterocycles. The molecule has 0 aliphatic heterocycles. The maximum Gasteiger partial charge on any atom is 0.0518 e. The first-order chi connectivity index (χ1) is 9.75. The molecular weight excluding hydrogens is 246 g/mol. The molecule has 0 spiro atoms. The molecule has 1 aromatic carbocycles. The Bertz CT molecular complexity index is 399. The van der Waals surface area contributed by atoms with E-state index >= 15 is 0 Å². The van der Waals surface area contributed by atoms with Crippen molar-refractivity contribution in [2.24, 2.45) is 5.92 Å². The van der Waals surface area contributed by atoms with Crippen LogP contribution in [0.3, 0.4) is 0 Å². The summed E-state index contributed by atoms with van der Waals surface area (Å²) in [6.45, 7) is 3.92. The first-order valence-electron chi connectivity index (χ1n) is 7.84. The van der Waals surface area contributed by atoms with E-state index < -0.39 is 0 Å². The maximum absolute atomic E-state index is 9.70. The fourth-order valence-corrected chi connectivity index (χ4v) is 2.98. The second-order valence-corrected chi connectivity index (χ2v) is 6.00. The summed E-state index contributed by atoms with van der Waals surface area (Å²) in [5, 5.41) is 13.3. The summed E-state index contributed by atoms with van der Waals surface area (Å²) in [7, 11) is 0. The van der Waals surface area contributed by atoms with Crippen LogP contribution in [0.15, 0.2) is 42.5 Å². The monoisotopic (exact) mass is 273 g/mol. The Kier molecular flexibility index (Phi) is 6.28. The summed E-state index contributed by atoms with van der Waals surface area (Å²) in [5.74, 6) is 1.18. The predicted molar refractivity (Wildman–Crippen MR) is 84.8 cm³/mol. The van der Waals surface area contributed by atoms with Crippen molar-refractivity contribution in [2.75, 3.05) is 13.1 Å². The fraction of sp³-hybridized carbons (Fsp3) is 0.556. The van der Waals surface area contributed by atoms with Crippen molar-refractivity contribution < 1.29 is 5.11 Å². The molecule has 0 radical (unpaired) electrons. The summed E-state index contributed by atoms with van der Waals surface area (Å²) >= 11 is 0. The van der Waals surface area contributed by atoms with Crippen molar-refractivity contribution in [1.82, 2.24) is 5.32 Å². The van der Waals surface area contributed by atoms with Gasteiger partial charge in [-0.15, -0.1) is 0 Å². The Morgan fingerprint density at radius 1 is 1.25 bits per heavy atom. The minimum absolute atomic E-state index is 0.250. The Hall–Kier alpha value is -1.12. The molecule has 3 unspecified atom stereocenters. The number of hydrogen-bond donors (Lipinski definition) is 2. The molecule has 0 fully saturated rings. The molecule has 0 aromatic heterocycles. The highest BCUT2D eigenvalue weighted by Gasteiger charge is 2.15. The third kappa shape index (κ3) is 5.10. The van der Waals surface area contributed by atoms with Gasteiger partial charge >= 0.3 is 0 Å². The SMILES string of the molecule is CC(O)CC(CNCC1CC=CCC1)c1ccccc1. The second-order valence-electron chi connectivity index (χ2n) is 6.00. The number of allylic oxidation sites excluding steroid dienone is 2. The second kappa shape index (κ2) is 8.23. The van der Waals surface area contributed by atoms with E-state index in [-0.39, 0.29) is 6.10 Å².